The number of aliphatic hydroxyl groups excluding tert-OH is 1. The number of rotatable bonds is 1. The van der Waals surface area contributed by atoms with Crippen LogP contribution >= 0.6 is 0 Å². The monoisotopic (exact) mass is 184 g/mol. The predicted molar refractivity (Wildman–Crippen MR) is 51.6 cm³/mol. The molecule has 0 radical (unpaired) electrons. The standard InChI is InChI=1S/C11H20O2/c1-9-4-3-5-11(9)7-6-10(2,8-12)13-11/h9,12H,3-8H2,1-2H3. The van der Waals surface area contributed by atoms with Gasteiger partial charge < -0.3 is 9.84 Å². The van der Waals surface area contributed by atoms with Crippen LogP contribution in [0.25, 0.3) is 0 Å². The molecule has 0 bridgehead atoms. The lowest BCUT2D eigenvalue weighted by Gasteiger charge is -2.32. The summed E-state index contributed by atoms with van der Waals surface area (Å²) >= 11 is 0. The Bertz CT molecular complexity index is 204. The van der Waals surface area contributed by atoms with Crippen molar-refractivity contribution < 1.29 is 9.84 Å². The fourth-order valence-corrected chi connectivity index (χ4v) is 2.92. The van der Waals surface area contributed by atoms with Gasteiger partial charge in [-0.15, -0.1) is 0 Å². The van der Waals surface area contributed by atoms with Gasteiger partial charge in [0.1, 0.15) is 0 Å². The van der Waals surface area contributed by atoms with E-state index < -0.39 is 0 Å². The van der Waals surface area contributed by atoms with Crippen LogP contribution in [0.1, 0.15) is 46.0 Å². The molecule has 2 nitrogen and oxygen atoms in total. The highest BCUT2D eigenvalue weighted by molar-refractivity contribution is 5.00. The highest BCUT2D eigenvalue weighted by atomic mass is 16.5. The second-order valence-electron chi connectivity index (χ2n) is 5.07. The van der Waals surface area contributed by atoms with Crippen molar-refractivity contribution in [2.75, 3.05) is 6.61 Å². The Balaban J connectivity index is 2.11. The van der Waals surface area contributed by atoms with Crippen molar-refractivity contribution in [2.45, 2.75) is 57.2 Å². The van der Waals surface area contributed by atoms with Crippen LogP contribution in [0.4, 0.5) is 0 Å². The number of hydrogen-bond donors (Lipinski definition) is 1. The van der Waals surface area contributed by atoms with Gasteiger partial charge in [0.2, 0.25) is 0 Å². The van der Waals surface area contributed by atoms with Crippen molar-refractivity contribution in [3.05, 3.63) is 0 Å². The molecule has 2 heteroatoms. The lowest BCUT2D eigenvalue weighted by molar-refractivity contribution is -0.128. The minimum Gasteiger partial charge on any atom is -0.393 e. The van der Waals surface area contributed by atoms with E-state index >= 15 is 0 Å². The Labute approximate surface area is 80.3 Å². The molecular weight excluding hydrogens is 164 g/mol. The molecule has 0 aromatic rings. The number of hydrogen-bond acceptors (Lipinski definition) is 2. The summed E-state index contributed by atoms with van der Waals surface area (Å²) in [6, 6.07) is 0. The SMILES string of the molecule is CC1CCCC12CCC(C)(CO)O2. The summed E-state index contributed by atoms with van der Waals surface area (Å²) in [4.78, 5) is 0. The van der Waals surface area contributed by atoms with E-state index in [1.807, 2.05) is 6.92 Å². The van der Waals surface area contributed by atoms with Crippen molar-refractivity contribution >= 4 is 0 Å². The summed E-state index contributed by atoms with van der Waals surface area (Å²) in [5, 5.41) is 9.23. The molecule has 0 aromatic carbocycles. The maximum Gasteiger partial charge on any atom is 0.0892 e. The molecule has 1 saturated carbocycles. The van der Waals surface area contributed by atoms with E-state index in [4.69, 9.17) is 4.74 Å². The van der Waals surface area contributed by atoms with Gasteiger partial charge in [0.05, 0.1) is 17.8 Å². The van der Waals surface area contributed by atoms with Crippen molar-refractivity contribution in [3.8, 4) is 0 Å². The van der Waals surface area contributed by atoms with Crippen LogP contribution in [0.15, 0.2) is 0 Å². The second kappa shape index (κ2) is 2.96. The average Bonchev–Trinajstić information content (AvgIpc) is 2.62. The number of aliphatic hydroxyl groups is 1. The average molecular weight is 184 g/mol. The molecule has 1 saturated heterocycles. The molecule has 1 N–H and O–H groups in total. The van der Waals surface area contributed by atoms with Crippen LogP contribution < -0.4 is 0 Å². The van der Waals surface area contributed by atoms with Gasteiger partial charge in [-0.1, -0.05) is 13.3 Å². The lowest BCUT2D eigenvalue weighted by Crippen LogP contribution is -2.37. The molecule has 0 amide bonds. The first kappa shape index (κ1) is 9.47. The van der Waals surface area contributed by atoms with Crippen molar-refractivity contribution in [3.63, 3.8) is 0 Å². The molecule has 1 spiro atoms. The van der Waals surface area contributed by atoms with Crippen LogP contribution in [-0.4, -0.2) is 22.9 Å². The molecule has 1 aliphatic carbocycles. The van der Waals surface area contributed by atoms with E-state index in [0.29, 0.717) is 5.92 Å². The third-order valence-corrected chi connectivity index (χ3v) is 4.00. The van der Waals surface area contributed by atoms with Gasteiger partial charge in [0.25, 0.3) is 0 Å². The van der Waals surface area contributed by atoms with Crippen LogP contribution in [0.2, 0.25) is 0 Å². The van der Waals surface area contributed by atoms with Crippen molar-refractivity contribution in [1.29, 1.82) is 0 Å². The second-order valence-corrected chi connectivity index (χ2v) is 5.07. The zero-order chi connectivity index (χ0) is 9.53. The smallest absolute Gasteiger partial charge is 0.0892 e. The van der Waals surface area contributed by atoms with E-state index in [1.165, 1.54) is 19.3 Å². The van der Waals surface area contributed by atoms with Crippen LogP contribution in [0.3, 0.4) is 0 Å². The van der Waals surface area contributed by atoms with Crippen LogP contribution in [-0.2, 0) is 4.74 Å². The molecule has 2 fully saturated rings. The Kier molecular flexibility index (Phi) is 2.16. The molecule has 76 valence electrons. The van der Waals surface area contributed by atoms with Gasteiger partial charge in [-0.2, -0.15) is 0 Å². The summed E-state index contributed by atoms with van der Waals surface area (Å²) in [7, 11) is 0. The van der Waals surface area contributed by atoms with E-state index in [0.717, 1.165) is 12.8 Å². The normalized spacial score (nSPS) is 50.5. The van der Waals surface area contributed by atoms with Crippen LogP contribution in [0, 0.1) is 5.92 Å². The largest absolute Gasteiger partial charge is 0.393 e. The van der Waals surface area contributed by atoms with Gasteiger partial charge >= 0.3 is 0 Å². The fourth-order valence-electron chi connectivity index (χ4n) is 2.92. The highest BCUT2D eigenvalue weighted by Crippen LogP contribution is 2.50. The van der Waals surface area contributed by atoms with E-state index in [2.05, 4.69) is 6.92 Å². The zero-order valence-electron chi connectivity index (χ0n) is 8.68. The third kappa shape index (κ3) is 1.40. The Morgan fingerprint density at radius 2 is 2.15 bits per heavy atom. The molecule has 3 unspecified atom stereocenters. The lowest BCUT2D eigenvalue weighted by atomic mass is 9.89. The molecule has 0 aromatic heterocycles. The first-order valence-electron chi connectivity index (χ1n) is 5.41. The molecule has 1 heterocycles. The van der Waals surface area contributed by atoms with E-state index in [9.17, 15) is 5.11 Å². The topological polar surface area (TPSA) is 29.5 Å². The number of ether oxygens (including phenoxy) is 1. The quantitative estimate of drug-likeness (QED) is 0.676. The summed E-state index contributed by atoms with van der Waals surface area (Å²) in [6.07, 6.45) is 5.95. The fraction of sp³-hybridized carbons (Fsp3) is 1.00. The van der Waals surface area contributed by atoms with Crippen molar-refractivity contribution in [1.82, 2.24) is 0 Å². The highest BCUT2D eigenvalue weighted by Gasteiger charge is 2.51. The maximum atomic E-state index is 9.23. The summed E-state index contributed by atoms with van der Waals surface area (Å²) < 4.78 is 6.11. The minimum absolute atomic E-state index is 0.123. The van der Waals surface area contributed by atoms with E-state index in [1.54, 1.807) is 0 Å². The van der Waals surface area contributed by atoms with Crippen molar-refractivity contribution in [2.24, 2.45) is 5.92 Å². The molecule has 13 heavy (non-hydrogen) atoms. The maximum absolute atomic E-state index is 9.23. The first-order chi connectivity index (χ1) is 6.10. The van der Waals surface area contributed by atoms with Gasteiger partial charge in [0.15, 0.2) is 0 Å². The summed E-state index contributed by atoms with van der Waals surface area (Å²) in [6.45, 7) is 4.49. The van der Waals surface area contributed by atoms with Gasteiger partial charge in [0, 0.05) is 0 Å². The van der Waals surface area contributed by atoms with Gasteiger partial charge in [-0.05, 0) is 38.5 Å². The predicted octanol–water partition coefficient (Wildman–Crippen LogP) is 2.11. The first-order valence-corrected chi connectivity index (χ1v) is 5.41. The Morgan fingerprint density at radius 1 is 1.38 bits per heavy atom. The molecule has 2 aliphatic rings. The van der Waals surface area contributed by atoms with Crippen LogP contribution in [0.5, 0.6) is 0 Å². The Morgan fingerprint density at radius 3 is 2.62 bits per heavy atom. The third-order valence-electron chi connectivity index (χ3n) is 4.00. The summed E-state index contributed by atoms with van der Waals surface area (Å²) in [5.41, 5.74) is -0.129. The molecule has 3 atom stereocenters. The zero-order valence-corrected chi connectivity index (χ0v) is 8.68. The molecule has 1 aliphatic heterocycles. The van der Waals surface area contributed by atoms with E-state index in [-0.39, 0.29) is 17.8 Å². The van der Waals surface area contributed by atoms with Gasteiger partial charge in [-0.3, -0.25) is 0 Å². The minimum atomic E-state index is -0.251. The molecule has 2 rings (SSSR count). The van der Waals surface area contributed by atoms with Gasteiger partial charge in [-0.25, -0.2) is 0 Å². The Hall–Kier alpha value is -0.0800. The molecular formula is C11H20O2. The summed E-state index contributed by atoms with van der Waals surface area (Å²) in [5.74, 6) is 0.681.